The number of carbonyl (C=O) groups is 1. The van der Waals surface area contributed by atoms with E-state index in [2.05, 4.69) is 19.3 Å². The summed E-state index contributed by atoms with van der Waals surface area (Å²) in [6.07, 6.45) is 7.45. The van der Waals surface area contributed by atoms with Crippen LogP contribution >= 0.6 is 0 Å². The molecule has 2 fully saturated rings. The summed E-state index contributed by atoms with van der Waals surface area (Å²) >= 11 is 0. The number of carbonyl (C=O) groups excluding carboxylic acids is 1. The van der Waals surface area contributed by atoms with E-state index in [1.165, 1.54) is 6.20 Å². The van der Waals surface area contributed by atoms with E-state index in [4.69, 9.17) is 10.5 Å². The van der Waals surface area contributed by atoms with Gasteiger partial charge in [0.15, 0.2) is 0 Å². The van der Waals surface area contributed by atoms with Crippen molar-refractivity contribution in [1.29, 1.82) is 0 Å². The molecule has 1 saturated heterocycles. The number of nitrogens with two attached hydrogens (primary N) is 1. The van der Waals surface area contributed by atoms with Crippen molar-refractivity contribution in [2.75, 3.05) is 11.5 Å². The molecule has 0 unspecified atom stereocenters. The molecule has 3 heterocycles. The fraction of sp³-hybridized carbons (Fsp3) is 0.500. The Morgan fingerprint density at radius 2 is 2.00 bits per heavy atom. The third-order valence-electron chi connectivity index (χ3n) is 5.97. The molecule has 4 rings (SSSR count). The normalized spacial score (nSPS) is 23.1. The highest BCUT2D eigenvalue weighted by Crippen LogP contribution is 2.30. The lowest BCUT2D eigenvalue weighted by molar-refractivity contribution is 0.0647. The molecule has 2 aromatic heterocycles. The second kappa shape index (κ2) is 9.41. The molecular formula is C22H29N5O4S. The van der Waals surface area contributed by atoms with Crippen molar-refractivity contribution in [3.63, 3.8) is 0 Å². The number of ether oxygens (including phenoxy) is 1. The van der Waals surface area contributed by atoms with Gasteiger partial charge in [0.1, 0.15) is 17.6 Å². The molecular weight excluding hydrogens is 430 g/mol. The number of aliphatic hydroxyl groups excluding tert-OH is 1. The lowest BCUT2D eigenvalue weighted by Gasteiger charge is -2.26. The first-order chi connectivity index (χ1) is 15.3. The Kier molecular flexibility index (Phi) is 6.61. The Balaban J connectivity index is 1.55. The molecule has 2 aliphatic rings. The Bertz CT molecular complexity index is 1130. The van der Waals surface area contributed by atoms with Gasteiger partial charge in [-0.2, -0.15) is 4.36 Å². The number of pyridine rings is 1. The van der Waals surface area contributed by atoms with E-state index >= 15 is 0 Å². The first kappa shape index (κ1) is 22.5. The molecule has 32 heavy (non-hydrogen) atoms. The minimum absolute atomic E-state index is 0.0287. The number of aliphatic hydroxyl groups is 1. The SMILES string of the molecule is Cc1c(C(=O)N=S2(=O)CCCC2)c[nH]c1C(N)=Nc1cccnc1OC1CCC(O)CC1. The molecule has 4 N–H and O–H groups in total. The molecule has 1 aliphatic heterocycles. The summed E-state index contributed by atoms with van der Waals surface area (Å²) in [5.41, 5.74) is 8.19. The summed E-state index contributed by atoms with van der Waals surface area (Å²) in [7, 11) is -2.44. The summed E-state index contributed by atoms with van der Waals surface area (Å²) in [6, 6.07) is 3.51. The minimum atomic E-state index is -2.44. The number of aromatic amines is 1. The fourth-order valence-corrected chi connectivity index (χ4v) is 6.20. The van der Waals surface area contributed by atoms with Gasteiger partial charge in [0, 0.05) is 23.9 Å². The molecule has 0 bridgehead atoms. The lowest BCUT2D eigenvalue weighted by Crippen LogP contribution is -2.26. The maximum Gasteiger partial charge on any atom is 0.286 e. The molecule has 0 spiro atoms. The zero-order valence-electron chi connectivity index (χ0n) is 18.1. The second-order valence-corrected chi connectivity index (χ2v) is 10.9. The van der Waals surface area contributed by atoms with E-state index in [-0.39, 0.29) is 18.0 Å². The summed E-state index contributed by atoms with van der Waals surface area (Å²) in [5.74, 6) is 1.02. The van der Waals surface area contributed by atoms with Crippen molar-refractivity contribution < 1.29 is 18.8 Å². The van der Waals surface area contributed by atoms with Crippen LogP contribution in [0.2, 0.25) is 0 Å². The van der Waals surface area contributed by atoms with Crippen LogP contribution in [0.3, 0.4) is 0 Å². The van der Waals surface area contributed by atoms with E-state index in [9.17, 15) is 14.1 Å². The zero-order valence-corrected chi connectivity index (χ0v) is 18.9. The Labute approximate surface area is 187 Å². The monoisotopic (exact) mass is 459 g/mol. The first-order valence-corrected chi connectivity index (χ1v) is 12.8. The van der Waals surface area contributed by atoms with Crippen molar-refractivity contribution in [3.8, 4) is 5.88 Å². The molecule has 172 valence electrons. The third-order valence-corrected chi connectivity index (χ3v) is 8.32. The minimum Gasteiger partial charge on any atom is -0.473 e. The number of nitrogens with zero attached hydrogens (tertiary/aromatic N) is 3. The average Bonchev–Trinajstić information content (AvgIpc) is 3.36. The maximum atomic E-state index is 12.6. The van der Waals surface area contributed by atoms with Crippen LogP contribution in [0.25, 0.3) is 0 Å². The number of aromatic nitrogens is 2. The van der Waals surface area contributed by atoms with Crippen molar-refractivity contribution in [2.24, 2.45) is 15.1 Å². The van der Waals surface area contributed by atoms with Gasteiger partial charge in [0.2, 0.25) is 5.88 Å². The number of hydrogen-bond acceptors (Lipinski definition) is 6. The molecule has 2 aromatic rings. The lowest BCUT2D eigenvalue weighted by atomic mass is 9.95. The predicted molar refractivity (Wildman–Crippen MR) is 123 cm³/mol. The van der Waals surface area contributed by atoms with E-state index in [0.717, 1.165) is 25.7 Å². The molecule has 0 aromatic carbocycles. The van der Waals surface area contributed by atoms with Crippen LogP contribution in [0.5, 0.6) is 5.88 Å². The molecule has 1 saturated carbocycles. The Morgan fingerprint density at radius 1 is 1.28 bits per heavy atom. The number of rotatable bonds is 5. The summed E-state index contributed by atoms with van der Waals surface area (Å²) in [5, 5.41) is 9.69. The summed E-state index contributed by atoms with van der Waals surface area (Å²) in [6.45, 7) is 1.76. The van der Waals surface area contributed by atoms with Crippen molar-refractivity contribution in [2.45, 2.75) is 57.7 Å². The van der Waals surface area contributed by atoms with Gasteiger partial charge in [0.25, 0.3) is 5.91 Å². The number of nitrogens with one attached hydrogen (secondary N) is 1. The Morgan fingerprint density at radius 3 is 2.72 bits per heavy atom. The number of aliphatic imine (C=N–C) groups is 1. The number of amidine groups is 1. The molecule has 0 radical (unpaired) electrons. The molecule has 0 atom stereocenters. The maximum absolute atomic E-state index is 12.6. The van der Waals surface area contributed by atoms with Gasteiger partial charge in [0.05, 0.1) is 27.1 Å². The van der Waals surface area contributed by atoms with Gasteiger partial charge >= 0.3 is 0 Å². The highest BCUT2D eigenvalue weighted by atomic mass is 32.2. The highest BCUT2D eigenvalue weighted by molar-refractivity contribution is 7.94. The van der Waals surface area contributed by atoms with Crippen LogP contribution in [0.15, 0.2) is 33.9 Å². The standard InChI is InChI=1S/C22H29N5O4S/c1-14-17(21(29)27-32(30)11-2-3-12-32)13-25-19(14)20(23)26-18-5-4-10-24-22(18)31-16-8-6-15(28)7-9-16/h4-5,10,13,15-16,25,28H,2-3,6-9,11-12H2,1H3,(H2,23,26). The van der Waals surface area contributed by atoms with Crippen LogP contribution < -0.4 is 10.5 Å². The topological polar surface area (TPSA) is 143 Å². The van der Waals surface area contributed by atoms with Crippen LogP contribution in [-0.2, 0) is 9.73 Å². The van der Waals surface area contributed by atoms with E-state index in [1.54, 1.807) is 25.3 Å². The van der Waals surface area contributed by atoms with Crippen molar-refractivity contribution in [3.05, 3.63) is 41.3 Å². The van der Waals surface area contributed by atoms with Gasteiger partial charge < -0.3 is 20.6 Å². The van der Waals surface area contributed by atoms with Gasteiger partial charge in [-0.15, -0.1) is 0 Å². The smallest absolute Gasteiger partial charge is 0.286 e. The van der Waals surface area contributed by atoms with Crippen molar-refractivity contribution >= 4 is 27.2 Å². The van der Waals surface area contributed by atoms with Crippen LogP contribution in [-0.4, -0.2) is 54.7 Å². The highest BCUT2D eigenvalue weighted by Gasteiger charge is 2.23. The predicted octanol–water partition coefficient (Wildman–Crippen LogP) is 2.84. The number of hydrogen-bond donors (Lipinski definition) is 3. The largest absolute Gasteiger partial charge is 0.473 e. The molecule has 1 aliphatic carbocycles. The van der Waals surface area contributed by atoms with Crippen LogP contribution in [0.4, 0.5) is 5.69 Å². The summed E-state index contributed by atoms with van der Waals surface area (Å²) < 4.78 is 22.7. The molecule has 9 nitrogen and oxygen atoms in total. The quantitative estimate of drug-likeness (QED) is 0.463. The number of amides is 1. The molecule has 1 amide bonds. The fourth-order valence-electron chi connectivity index (χ4n) is 4.10. The van der Waals surface area contributed by atoms with Gasteiger partial charge in [-0.1, -0.05) is 0 Å². The van der Waals surface area contributed by atoms with E-state index in [0.29, 0.717) is 52.7 Å². The van der Waals surface area contributed by atoms with E-state index in [1.807, 2.05) is 0 Å². The van der Waals surface area contributed by atoms with E-state index < -0.39 is 15.6 Å². The van der Waals surface area contributed by atoms with Crippen molar-refractivity contribution in [1.82, 2.24) is 9.97 Å². The zero-order chi connectivity index (χ0) is 22.7. The number of H-pyrrole nitrogens is 1. The van der Waals surface area contributed by atoms with Gasteiger partial charge in [-0.05, 0) is 63.1 Å². The second-order valence-electron chi connectivity index (χ2n) is 8.36. The first-order valence-electron chi connectivity index (χ1n) is 10.9. The van der Waals surface area contributed by atoms with Gasteiger partial charge in [-0.25, -0.2) is 14.2 Å². The average molecular weight is 460 g/mol. The molecule has 10 heteroatoms. The summed E-state index contributed by atoms with van der Waals surface area (Å²) in [4.78, 5) is 24.4. The van der Waals surface area contributed by atoms with Crippen LogP contribution in [0, 0.1) is 6.92 Å². The van der Waals surface area contributed by atoms with Gasteiger partial charge in [-0.3, -0.25) is 4.79 Å². The third kappa shape index (κ3) is 5.02. The van der Waals surface area contributed by atoms with Crippen LogP contribution in [0.1, 0.15) is 60.1 Å². The Hall–Kier alpha value is -2.72.